The first kappa shape index (κ1) is 22.7. The molecule has 0 spiro atoms. The van der Waals surface area contributed by atoms with E-state index in [1.165, 1.54) is 8.61 Å². The first-order chi connectivity index (χ1) is 14.8. The van der Waals surface area contributed by atoms with Crippen LogP contribution in [0.1, 0.15) is 57.8 Å². The molecule has 2 unspecified atom stereocenters. The number of fused-ring (bicyclic) bond motifs is 1. The van der Waals surface area contributed by atoms with Crippen LogP contribution >= 0.6 is 0 Å². The van der Waals surface area contributed by atoms with Crippen LogP contribution < -0.4 is 0 Å². The van der Waals surface area contributed by atoms with Crippen LogP contribution in [0.25, 0.3) is 0 Å². The third-order valence-corrected chi connectivity index (χ3v) is 9.64. The van der Waals surface area contributed by atoms with Crippen LogP contribution in [0.4, 0.5) is 0 Å². The highest BCUT2D eigenvalue weighted by atomic mass is 32.2. The molecule has 4 fully saturated rings. The Bertz CT molecular complexity index is 794. The van der Waals surface area contributed by atoms with Gasteiger partial charge in [-0.3, -0.25) is 19.3 Å². The van der Waals surface area contributed by atoms with Crippen molar-refractivity contribution in [1.82, 2.24) is 18.4 Å². The number of piperazine rings is 1. The van der Waals surface area contributed by atoms with Crippen molar-refractivity contribution in [1.29, 1.82) is 0 Å². The van der Waals surface area contributed by atoms with Crippen LogP contribution in [0.3, 0.4) is 0 Å². The number of carbonyl (C=O) groups is 3. The number of hydrogen-bond donors (Lipinski definition) is 0. The summed E-state index contributed by atoms with van der Waals surface area (Å²) in [6, 6.07) is 0.0501. The highest BCUT2D eigenvalue weighted by Crippen LogP contribution is 2.38. The molecule has 2 atom stereocenters. The topological polar surface area (TPSA) is 98.3 Å². The van der Waals surface area contributed by atoms with Gasteiger partial charge in [0.05, 0.1) is 11.8 Å². The molecule has 2 saturated carbocycles. The maximum atomic E-state index is 13.0. The summed E-state index contributed by atoms with van der Waals surface area (Å²) in [5, 5.41) is 0. The van der Waals surface area contributed by atoms with E-state index < -0.39 is 10.2 Å². The number of hydrogen-bond acceptors (Lipinski definition) is 5. The summed E-state index contributed by atoms with van der Waals surface area (Å²) < 4.78 is 29.0. The fraction of sp³-hybridized carbons (Fsp3) is 0.857. The van der Waals surface area contributed by atoms with Crippen LogP contribution in [0.15, 0.2) is 0 Å². The van der Waals surface area contributed by atoms with Crippen LogP contribution in [0, 0.1) is 11.8 Å². The average Bonchev–Trinajstić information content (AvgIpc) is 3.04. The standard InChI is InChI=1S/C21H34N4O5S/c1-22(16-7-3-2-4-8-16)31(29,30)24-13-11-23(12-14-24)19(26)15-25-20(27)17-9-5-6-10-18(17)21(25)28/h16-18H,2-15H2,1H3. The smallest absolute Gasteiger partial charge is 0.282 e. The van der Waals surface area contributed by atoms with E-state index in [-0.39, 0.29) is 68.3 Å². The van der Waals surface area contributed by atoms with Crippen molar-refractivity contribution in [2.45, 2.75) is 63.8 Å². The van der Waals surface area contributed by atoms with Gasteiger partial charge in [0.15, 0.2) is 0 Å². The molecule has 0 N–H and O–H groups in total. The minimum atomic E-state index is -3.56. The largest absolute Gasteiger partial charge is 0.338 e. The fourth-order valence-electron chi connectivity index (χ4n) is 5.61. The van der Waals surface area contributed by atoms with E-state index in [1.807, 2.05) is 0 Å². The summed E-state index contributed by atoms with van der Waals surface area (Å²) in [7, 11) is -1.90. The summed E-state index contributed by atoms with van der Waals surface area (Å²) >= 11 is 0. The van der Waals surface area contributed by atoms with Crippen LogP contribution in [-0.2, 0) is 24.6 Å². The highest BCUT2D eigenvalue weighted by molar-refractivity contribution is 7.86. The second kappa shape index (κ2) is 9.15. The Morgan fingerprint density at radius 3 is 1.94 bits per heavy atom. The van der Waals surface area contributed by atoms with Crippen molar-refractivity contribution in [3.05, 3.63) is 0 Å². The van der Waals surface area contributed by atoms with Gasteiger partial charge in [-0.2, -0.15) is 17.0 Å². The quantitative estimate of drug-likeness (QED) is 0.573. The number of imide groups is 1. The Kier molecular flexibility index (Phi) is 6.69. The van der Waals surface area contributed by atoms with Crippen molar-refractivity contribution >= 4 is 27.9 Å². The summed E-state index contributed by atoms with van der Waals surface area (Å²) in [6.45, 7) is 0.801. The van der Waals surface area contributed by atoms with Crippen molar-refractivity contribution < 1.29 is 22.8 Å². The molecule has 4 aliphatic rings. The Morgan fingerprint density at radius 1 is 0.871 bits per heavy atom. The maximum absolute atomic E-state index is 13.0. The summed E-state index contributed by atoms with van der Waals surface area (Å²) in [6.07, 6.45) is 8.43. The second-order valence-electron chi connectivity index (χ2n) is 9.36. The lowest BCUT2D eigenvalue weighted by Gasteiger charge is -2.39. The zero-order valence-corrected chi connectivity index (χ0v) is 19.2. The monoisotopic (exact) mass is 454 g/mol. The van der Waals surface area contributed by atoms with Gasteiger partial charge in [0, 0.05) is 39.3 Å². The third kappa shape index (κ3) is 4.39. The van der Waals surface area contributed by atoms with Gasteiger partial charge in [-0.25, -0.2) is 0 Å². The Labute approximate surface area is 184 Å². The minimum Gasteiger partial charge on any atom is -0.338 e. The molecule has 2 heterocycles. The van der Waals surface area contributed by atoms with E-state index in [4.69, 9.17) is 0 Å². The lowest BCUT2D eigenvalue weighted by Crippen LogP contribution is -2.56. The zero-order valence-electron chi connectivity index (χ0n) is 18.4. The number of likely N-dealkylation sites (tertiary alicyclic amines) is 1. The number of rotatable bonds is 5. The average molecular weight is 455 g/mol. The molecule has 2 aliphatic carbocycles. The number of amides is 3. The van der Waals surface area contributed by atoms with Crippen molar-refractivity contribution in [2.75, 3.05) is 39.8 Å². The minimum absolute atomic E-state index is 0.0501. The van der Waals surface area contributed by atoms with E-state index in [1.54, 1.807) is 11.9 Å². The van der Waals surface area contributed by atoms with Gasteiger partial charge in [-0.05, 0) is 25.7 Å². The first-order valence-electron chi connectivity index (χ1n) is 11.7. The molecule has 0 aromatic heterocycles. The predicted octanol–water partition coefficient (Wildman–Crippen LogP) is 0.815. The molecule has 4 rings (SSSR count). The van der Waals surface area contributed by atoms with E-state index in [0.29, 0.717) is 0 Å². The Morgan fingerprint density at radius 2 is 1.39 bits per heavy atom. The van der Waals surface area contributed by atoms with Crippen molar-refractivity contribution in [2.24, 2.45) is 11.8 Å². The fourth-order valence-corrected chi connectivity index (χ4v) is 7.18. The SMILES string of the molecule is CN(C1CCCCC1)S(=O)(=O)N1CCN(C(=O)CN2C(=O)C3CCCCC3C2=O)CC1. The highest BCUT2D eigenvalue weighted by Gasteiger charge is 2.49. The molecule has 0 bridgehead atoms. The van der Waals surface area contributed by atoms with Gasteiger partial charge in [-0.1, -0.05) is 32.1 Å². The third-order valence-electron chi connectivity index (χ3n) is 7.60. The predicted molar refractivity (Wildman–Crippen MR) is 114 cm³/mol. The van der Waals surface area contributed by atoms with Crippen LogP contribution in [-0.4, -0.2) is 90.4 Å². The Balaban J connectivity index is 1.31. The van der Waals surface area contributed by atoms with E-state index in [0.717, 1.165) is 62.7 Å². The number of nitrogens with zero attached hydrogens (tertiary/aromatic N) is 4. The zero-order chi connectivity index (χ0) is 22.2. The molecule has 3 amide bonds. The maximum Gasteiger partial charge on any atom is 0.282 e. The van der Waals surface area contributed by atoms with E-state index in [9.17, 15) is 22.8 Å². The van der Waals surface area contributed by atoms with Gasteiger partial charge in [-0.15, -0.1) is 0 Å². The summed E-state index contributed by atoms with van der Waals surface area (Å²) in [5.74, 6) is -1.22. The van der Waals surface area contributed by atoms with Crippen molar-refractivity contribution in [3.63, 3.8) is 0 Å². The molecule has 2 aliphatic heterocycles. The lowest BCUT2D eigenvalue weighted by atomic mass is 9.81. The summed E-state index contributed by atoms with van der Waals surface area (Å²) in [4.78, 5) is 40.7. The van der Waals surface area contributed by atoms with Crippen molar-refractivity contribution in [3.8, 4) is 0 Å². The lowest BCUT2D eigenvalue weighted by molar-refractivity contribution is -0.147. The number of carbonyl (C=O) groups excluding carboxylic acids is 3. The summed E-state index contributed by atoms with van der Waals surface area (Å²) in [5.41, 5.74) is 0. The second-order valence-corrected chi connectivity index (χ2v) is 11.3. The van der Waals surface area contributed by atoms with Gasteiger partial charge in [0.2, 0.25) is 17.7 Å². The van der Waals surface area contributed by atoms with Gasteiger partial charge < -0.3 is 4.90 Å². The van der Waals surface area contributed by atoms with Gasteiger partial charge in [0.25, 0.3) is 10.2 Å². The molecule has 0 aromatic rings. The Hall–Kier alpha value is -1.52. The molecular formula is C21H34N4O5S. The molecule has 174 valence electrons. The molecule has 31 heavy (non-hydrogen) atoms. The van der Waals surface area contributed by atoms with Crippen LogP contribution in [0.5, 0.6) is 0 Å². The van der Waals surface area contributed by atoms with Gasteiger partial charge in [0.1, 0.15) is 6.54 Å². The van der Waals surface area contributed by atoms with Crippen LogP contribution in [0.2, 0.25) is 0 Å². The molecular weight excluding hydrogens is 420 g/mol. The molecule has 0 radical (unpaired) electrons. The van der Waals surface area contributed by atoms with E-state index >= 15 is 0 Å². The molecule has 9 nitrogen and oxygen atoms in total. The normalized spacial score (nSPS) is 29.0. The van der Waals surface area contributed by atoms with Gasteiger partial charge >= 0.3 is 0 Å². The van der Waals surface area contributed by atoms with E-state index in [2.05, 4.69) is 0 Å². The first-order valence-corrected chi connectivity index (χ1v) is 13.1. The molecule has 0 aromatic carbocycles. The molecule has 2 saturated heterocycles. The molecule has 10 heteroatoms.